The van der Waals surface area contributed by atoms with E-state index in [2.05, 4.69) is 20.2 Å². The number of nitrogens with one attached hydrogen (secondary N) is 1. The molecule has 0 spiro atoms. The lowest BCUT2D eigenvalue weighted by atomic mass is 9.76. The Balaban J connectivity index is 2.07. The Labute approximate surface area is 160 Å². The zero-order valence-electron chi connectivity index (χ0n) is 15.1. The number of hydrogen-bond acceptors (Lipinski definition) is 6. The van der Waals surface area contributed by atoms with E-state index >= 15 is 0 Å². The number of hydrogen-bond donors (Lipinski definition) is 2. The van der Waals surface area contributed by atoms with E-state index in [1.807, 2.05) is 0 Å². The minimum absolute atomic E-state index is 0.117. The Morgan fingerprint density at radius 3 is 2.50 bits per heavy atom. The standard InChI is InChI=1S/C18H18F2N4O3S/c1-11(12-3-6-17(21-9-12)28(2,26)27)18(25,8-16-22-10-23-24-16)14-5-4-13(19)7-15(14)20/h3-7,9-11,25H,8H2,1-2H3,(H,22,23,24)/t11-,18+/m0/s1. The maximum atomic E-state index is 14.5. The van der Waals surface area contributed by atoms with E-state index in [9.17, 15) is 22.3 Å². The second-order valence-electron chi connectivity index (χ2n) is 6.56. The van der Waals surface area contributed by atoms with Crippen LogP contribution in [0.5, 0.6) is 0 Å². The summed E-state index contributed by atoms with van der Waals surface area (Å²) >= 11 is 0. The van der Waals surface area contributed by atoms with Gasteiger partial charge in [0.05, 0.1) is 0 Å². The molecule has 2 aromatic heterocycles. The summed E-state index contributed by atoms with van der Waals surface area (Å²) in [5.74, 6) is -2.19. The summed E-state index contributed by atoms with van der Waals surface area (Å²) in [6.45, 7) is 1.63. The molecule has 3 rings (SSSR count). The average molecular weight is 408 g/mol. The Hall–Kier alpha value is -2.72. The molecule has 0 bridgehead atoms. The molecule has 0 aliphatic heterocycles. The van der Waals surface area contributed by atoms with Gasteiger partial charge in [-0.3, -0.25) is 5.10 Å². The van der Waals surface area contributed by atoms with Gasteiger partial charge in [-0.1, -0.05) is 19.1 Å². The molecule has 2 N–H and O–H groups in total. The van der Waals surface area contributed by atoms with E-state index in [0.717, 1.165) is 12.3 Å². The van der Waals surface area contributed by atoms with Crippen molar-refractivity contribution in [2.24, 2.45) is 0 Å². The van der Waals surface area contributed by atoms with Crippen molar-refractivity contribution in [3.8, 4) is 0 Å². The molecule has 1 aromatic carbocycles. The highest BCUT2D eigenvalue weighted by Crippen LogP contribution is 2.40. The number of rotatable bonds is 6. The van der Waals surface area contributed by atoms with Gasteiger partial charge in [0.2, 0.25) is 0 Å². The van der Waals surface area contributed by atoms with Crippen molar-refractivity contribution in [3.63, 3.8) is 0 Å². The van der Waals surface area contributed by atoms with Gasteiger partial charge >= 0.3 is 0 Å². The van der Waals surface area contributed by atoms with Crippen LogP contribution in [-0.2, 0) is 21.9 Å². The van der Waals surface area contributed by atoms with Crippen LogP contribution in [0.25, 0.3) is 0 Å². The van der Waals surface area contributed by atoms with Crippen molar-refractivity contribution in [1.82, 2.24) is 20.2 Å². The summed E-state index contributed by atoms with van der Waals surface area (Å²) in [6.07, 6.45) is 3.51. The summed E-state index contributed by atoms with van der Waals surface area (Å²) in [4.78, 5) is 7.90. The van der Waals surface area contributed by atoms with Crippen molar-refractivity contribution < 1.29 is 22.3 Å². The second kappa shape index (κ2) is 7.36. The van der Waals surface area contributed by atoms with E-state index in [-0.39, 0.29) is 22.8 Å². The third-order valence-electron chi connectivity index (χ3n) is 4.65. The number of halogens is 2. The van der Waals surface area contributed by atoms with Gasteiger partial charge < -0.3 is 5.11 Å². The first-order valence-electron chi connectivity index (χ1n) is 8.30. The molecule has 0 aliphatic rings. The van der Waals surface area contributed by atoms with Gasteiger partial charge in [-0.15, -0.1) is 0 Å². The molecule has 7 nitrogen and oxygen atoms in total. The number of nitrogens with zero attached hydrogens (tertiary/aromatic N) is 3. The van der Waals surface area contributed by atoms with Gasteiger partial charge in [0.15, 0.2) is 20.7 Å². The third-order valence-corrected chi connectivity index (χ3v) is 5.65. The number of H-pyrrole nitrogens is 1. The van der Waals surface area contributed by atoms with Crippen molar-refractivity contribution in [1.29, 1.82) is 0 Å². The Morgan fingerprint density at radius 2 is 1.96 bits per heavy atom. The molecule has 0 fully saturated rings. The van der Waals surface area contributed by atoms with Crippen LogP contribution in [0.4, 0.5) is 8.78 Å². The molecule has 0 saturated carbocycles. The maximum absolute atomic E-state index is 14.5. The highest BCUT2D eigenvalue weighted by Gasteiger charge is 2.40. The van der Waals surface area contributed by atoms with Crippen molar-refractivity contribution in [3.05, 3.63) is 71.4 Å². The lowest BCUT2D eigenvalue weighted by Crippen LogP contribution is -2.36. The second-order valence-corrected chi connectivity index (χ2v) is 8.53. The molecule has 10 heteroatoms. The zero-order valence-corrected chi connectivity index (χ0v) is 15.9. The number of aromatic nitrogens is 4. The molecule has 0 radical (unpaired) electrons. The van der Waals surface area contributed by atoms with Crippen LogP contribution in [-0.4, -0.2) is 39.9 Å². The lowest BCUT2D eigenvalue weighted by molar-refractivity contribution is 0.00730. The van der Waals surface area contributed by atoms with Gasteiger partial charge in [0.1, 0.15) is 23.6 Å². The molecule has 28 heavy (non-hydrogen) atoms. The number of sulfone groups is 1. The van der Waals surface area contributed by atoms with Crippen molar-refractivity contribution in [2.45, 2.75) is 29.9 Å². The van der Waals surface area contributed by atoms with Crippen LogP contribution in [0.3, 0.4) is 0 Å². The van der Waals surface area contributed by atoms with E-state index < -0.39 is 33.0 Å². The Bertz CT molecular complexity index is 1070. The summed E-state index contributed by atoms with van der Waals surface area (Å²) in [7, 11) is -3.48. The van der Waals surface area contributed by atoms with E-state index in [0.29, 0.717) is 11.6 Å². The molecular weight excluding hydrogens is 390 g/mol. The fourth-order valence-electron chi connectivity index (χ4n) is 3.03. The van der Waals surface area contributed by atoms with Crippen molar-refractivity contribution in [2.75, 3.05) is 6.26 Å². The third kappa shape index (κ3) is 3.92. The number of aliphatic hydroxyl groups is 1. The van der Waals surface area contributed by atoms with E-state index in [4.69, 9.17) is 0 Å². The summed E-state index contributed by atoms with van der Waals surface area (Å²) in [6, 6.07) is 5.73. The minimum Gasteiger partial charge on any atom is -0.384 e. The normalized spacial score (nSPS) is 15.2. The van der Waals surface area contributed by atoms with Crippen LogP contribution in [0, 0.1) is 11.6 Å². The monoisotopic (exact) mass is 408 g/mol. The Kier molecular flexibility index (Phi) is 5.26. The van der Waals surface area contributed by atoms with Crippen molar-refractivity contribution >= 4 is 9.84 Å². The summed E-state index contributed by atoms with van der Waals surface area (Å²) < 4.78 is 51.1. The molecule has 0 aliphatic carbocycles. The Morgan fingerprint density at radius 1 is 1.21 bits per heavy atom. The predicted octanol–water partition coefficient (Wildman–Crippen LogP) is 2.12. The molecule has 2 atom stereocenters. The quantitative estimate of drug-likeness (QED) is 0.647. The van der Waals surface area contributed by atoms with Gasteiger partial charge in [0, 0.05) is 36.4 Å². The molecule has 0 amide bonds. The lowest BCUT2D eigenvalue weighted by Gasteiger charge is -2.34. The molecule has 0 unspecified atom stereocenters. The van der Waals surface area contributed by atoms with Crippen LogP contribution in [0.2, 0.25) is 0 Å². The van der Waals surface area contributed by atoms with Gasteiger partial charge in [-0.25, -0.2) is 27.2 Å². The van der Waals surface area contributed by atoms with E-state index in [1.165, 1.54) is 30.7 Å². The number of aromatic amines is 1. The zero-order chi connectivity index (χ0) is 20.5. The molecule has 3 aromatic rings. The van der Waals surface area contributed by atoms with Crippen LogP contribution < -0.4 is 0 Å². The number of pyridine rings is 1. The molecule has 0 saturated heterocycles. The van der Waals surface area contributed by atoms with E-state index in [1.54, 1.807) is 6.92 Å². The van der Waals surface area contributed by atoms with Gasteiger partial charge in [0.25, 0.3) is 0 Å². The minimum atomic E-state index is -3.48. The van der Waals surface area contributed by atoms with Gasteiger partial charge in [-0.2, -0.15) is 5.10 Å². The molecular formula is C18H18F2N4O3S. The maximum Gasteiger partial charge on any atom is 0.192 e. The van der Waals surface area contributed by atoms with Crippen LogP contribution in [0.1, 0.15) is 29.8 Å². The molecule has 2 heterocycles. The number of benzene rings is 1. The average Bonchev–Trinajstić information content (AvgIpc) is 3.13. The SMILES string of the molecule is C[C@@H](c1ccc(S(C)(=O)=O)nc1)[C@](O)(Cc1nc[nH]n1)c1ccc(F)cc1F. The fraction of sp³-hybridized carbons (Fsp3) is 0.278. The van der Waals surface area contributed by atoms with Gasteiger partial charge in [-0.05, 0) is 17.7 Å². The predicted molar refractivity (Wildman–Crippen MR) is 96.1 cm³/mol. The molecule has 148 valence electrons. The smallest absolute Gasteiger partial charge is 0.192 e. The highest BCUT2D eigenvalue weighted by atomic mass is 32.2. The summed E-state index contributed by atoms with van der Waals surface area (Å²) in [5.41, 5.74) is -1.50. The first kappa shape index (κ1) is 20.0. The first-order chi connectivity index (χ1) is 13.1. The van der Waals surface area contributed by atoms with Crippen LogP contribution >= 0.6 is 0 Å². The topological polar surface area (TPSA) is 109 Å². The summed E-state index contributed by atoms with van der Waals surface area (Å²) in [5, 5.41) is 17.8. The fourth-order valence-corrected chi connectivity index (χ4v) is 3.59. The first-order valence-corrected chi connectivity index (χ1v) is 10.2. The van der Waals surface area contributed by atoms with Crippen LogP contribution in [0.15, 0.2) is 47.9 Å². The largest absolute Gasteiger partial charge is 0.384 e. The highest BCUT2D eigenvalue weighted by molar-refractivity contribution is 7.90.